The number of carbonyl (C=O) groups excluding carboxylic acids is 3. The number of nitrogens with one attached hydrogen (secondary N) is 2. The quantitative estimate of drug-likeness (QED) is 0.152. The number of aliphatic hydroxyl groups is 1. The number of benzene rings is 1. The fourth-order valence-electron chi connectivity index (χ4n) is 4.55. The first-order valence-corrected chi connectivity index (χ1v) is 14.4. The average Bonchev–Trinajstić information content (AvgIpc) is 2.88. The zero-order valence-corrected chi connectivity index (χ0v) is 25.2. The maximum atomic E-state index is 13.0. The zero-order valence-electron chi connectivity index (χ0n) is 25.2. The first-order valence-electron chi connectivity index (χ1n) is 14.4. The Morgan fingerprint density at radius 3 is 2.23 bits per heavy atom. The smallest absolute Gasteiger partial charge is 0.255 e. The van der Waals surface area contributed by atoms with Gasteiger partial charge >= 0.3 is 0 Å². The molecule has 0 radical (unpaired) electrons. The third-order valence-electron chi connectivity index (χ3n) is 7.20. The summed E-state index contributed by atoms with van der Waals surface area (Å²) in [5.74, 6) is -0.714. The van der Waals surface area contributed by atoms with Gasteiger partial charge in [0.15, 0.2) is 0 Å². The first-order chi connectivity index (χ1) is 18.9. The third-order valence-corrected chi connectivity index (χ3v) is 7.20. The number of methoxy groups -OCH3 is 1. The summed E-state index contributed by atoms with van der Waals surface area (Å²) < 4.78 is 10.9. The van der Waals surface area contributed by atoms with Crippen molar-refractivity contribution < 1.29 is 29.0 Å². The molecular weight excluding hydrogens is 512 g/mol. The molecule has 0 saturated carbocycles. The highest BCUT2D eigenvalue weighted by Crippen LogP contribution is 2.24. The van der Waals surface area contributed by atoms with Crippen LogP contribution in [0.15, 0.2) is 24.3 Å². The van der Waals surface area contributed by atoms with E-state index in [1.54, 1.807) is 32.2 Å². The van der Waals surface area contributed by atoms with Crippen LogP contribution in [0.4, 0.5) is 0 Å². The number of para-hydroxylation sites is 1. The predicted molar refractivity (Wildman–Crippen MR) is 157 cm³/mol. The van der Waals surface area contributed by atoms with Crippen molar-refractivity contribution in [2.24, 2.45) is 35.1 Å². The molecule has 5 atom stereocenters. The summed E-state index contributed by atoms with van der Waals surface area (Å²) in [6.07, 6.45) is 1.51. The normalized spacial score (nSPS) is 15.2. The number of unbranched alkanes of at least 4 members (excludes halogenated alkanes) is 1. The Labute approximate surface area is 239 Å². The van der Waals surface area contributed by atoms with Gasteiger partial charge < -0.3 is 36.7 Å². The number of hydrogen-bond donors (Lipinski definition) is 5. The van der Waals surface area contributed by atoms with E-state index in [1.165, 1.54) is 0 Å². The van der Waals surface area contributed by atoms with E-state index in [4.69, 9.17) is 20.9 Å². The lowest BCUT2D eigenvalue weighted by molar-refractivity contribution is -0.128. The molecular formula is C30H52N4O6. The van der Waals surface area contributed by atoms with Crippen LogP contribution in [0.1, 0.15) is 77.1 Å². The van der Waals surface area contributed by atoms with Gasteiger partial charge in [0.25, 0.3) is 5.91 Å². The summed E-state index contributed by atoms with van der Waals surface area (Å²) in [6.45, 7) is 11.2. The van der Waals surface area contributed by atoms with E-state index in [0.717, 1.165) is 12.8 Å². The maximum absolute atomic E-state index is 13.0. The number of carbonyl (C=O) groups is 3. The zero-order chi connectivity index (χ0) is 30.2. The molecule has 0 saturated heterocycles. The van der Waals surface area contributed by atoms with Crippen molar-refractivity contribution in [1.82, 2.24) is 10.6 Å². The van der Waals surface area contributed by atoms with E-state index in [1.807, 2.05) is 19.9 Å². The Balaban J connectivity index is 2.74. The molecule has 1 aromatic rings. The Morgan fingerprint density at radius 1 is 0.975 bits per heavy atom. The first kappa shape index (κ1) is 35.3. The number of primary amides is 1. The van der Waals surface area contributed by atoms with Crippen LogP contribution in [0.25, 0.3) is 0 Å². The van der Waals surface area contributed by atoms with Crippen molar-refractivity contribution in [3.8, 4) is 5.75 Å². The molecule has 0 aromatic heterocycles. The molecule has 1 aromatic carbocycles. The van der Waals surface area contributed by atoms with Gasteiger partial charge in [-0.25, -0.2) is 0 Å². The monoisotopic (exact) mass is 564 g/mol. The molecule has 10 heteroatoms. The van der Waals surface area contributed by atoms with E-state index in [0.29, 0.717) is 37.5 Å². The summed E-state index contributed by atoms with van der Waals surface area (Å²) >= 11 is 0. The Bertz CT molecular complexity index is 910. The van der Waals surface area contributed by atoms with Crippen molar-refractivity contribution in [3.05, 3.63) is 29.8 Å². The highest BCUT2D eigenvalue weighted by molar-refractivity contribution is 5.96. The molecule has 0 unspecified atom stereocenters. The van der Waals surface area contributed by atoms with Crippen LogP contribution in [-0.4, -0.2) is 67.9 Å². The molecule has 10 nitrogen and oxygen atoms in total. The second-order valence-electron chi connectivity index (χ2n) is 11.4. The number of aliphatic hydroxyl groups excluding tert-OH is 1. The van der Waals surface area contributed by atoms with Crippen LogP contribution < -0.4 is 26.8 Å². The van der Waals surface area contributed by atoms with Crippen molar-refractivity contribution in [2.75, 3.05) is 26.9 Å². The number of amides is 3. The maximum Gasteiger partial charge on any atom is 0.255 e. The molecule has 3 amide bonds. The largest absolute Gasteiger partial charge is 0.493 e. The van der Waals surface area contributed by atoms with E-state index in [-0.39, 0.29) is 42.4 Å². The Hall–Kier alpha value is -2.69. The van der Waals surface area contributed by atoms with Gasteiger partial charge in [-0.15, -0.1) is 0 Å². The molecule has 0 aliphatic carbocycles. The molecule has 0 bridgehead atoms. The number of hydrogen-bond acceptors (Lipinski definition) is 7. The van der Waals surface area contributed by atoms with E-state index >= 15 is 0 Å². The molecule has 0 fully saturated rings. The van der Waals surface area contributed by atoms with E-state index in [2.05, 4.69) is 24.5 Å². The van der Waals surface area contributed by atoms with Gasteiger partial charge in [0.05, 0.1) is 18.3 Å². The number of nitrogens with two attached hydrogens (primary N) is 2. The highest BCUT2D eigenvalue weighted by atomic mass is 16.5. The lowest BCUT2D eigenvalue weighted by Gasteiger charge is -2.30. The van der Waals surface area contributed by atoms with Gasteiger partial charge in [-0.2, -0.15) is 0 Å². The molecule has 0 aliphatic heterocycles. The highest BCUT2D eigenvalue weighted by Gasteiger charge is 2.30. The summed E-state index contributed by atoms with van der Waals surface area (Å²) in [5, 5.41) is 16.8. The second kappa shape index (κ2) is 18.6. The summed E-state index contributed by atoms with van der Waals surface area (Å²) in [7, 11) is 1.66. The van der Waals surface area contributed by atoms with Gasteiger partial charge in [-0.3, -0.25) is 14.4 Å². The molecule has 0 spiro atoms. The van der Waals surface area contributed by atoms with Crippen LogP contribution >= 0.6 is 0 Å². The molecule has 1 rings (SSSR count). The number of rotatable bonds is 20. The molecule has 7 N–H and O–H groups in total. The minimum absolute atomic E-state index is 0.0117. The minimum Gasteiger partial charge on any atom is -0.493 e. The topological polar surface area (TPSA) is 166 Å². The van der Waals surface area contributed by atoms with Crippen LogP contribution in [0.5, 0.6) is 5.75 Å². The summed E-state index contributed by atoms with van der Waals surface area (Å²) in [4.78, 5) is 37.0. The lowest BCUT2D eigenvalue weighted by atomic mass is 9.83. The fourth-order valence-corrected chi connectivity index (χ4v) is 4.55. The van der Waals surface area contributed by atoms with Crippen molar-refractivity contribution in [1.29, 1.82) is 0 Å². The van der Waals surface area contributed by atoms with Crippen LogP contribution in [0, 0.1) is 23.7 Å². The van der Waals surface area contributed by atoms with E-state index in [9.17, 15) is 19.5 Å². The van der Waals surface area contributed by atoms with Crippen molar-refractivity contribution >= 4 is 17.7 Å². The van der Waals surface area contributed by atoms with Gasteiger partial charge in [-0.1, -0.05) is 39.8 Å². The average molecular weight is 565 g/mol. The SMILES string of the molecule is COCCCCOc1ccccc1C(=O)NC[C@H](C[C@H](N)[C@@H](O)C[C@@H](C(=O)N[C@@H](C)CC(N)=O)C(C)C)C(C)C. The standard InChI is InChI=1S/C30H52N4O6/c1-19(2)22(18-33-29(37)23-11-7-8-12-27(23)40-14-10-9-13-39-6)16-25(31)26(35)17-24(20(3)4)30(38)34-21(5)15-28(32)36/h7-8,11-12,19-22,24-26,35H,9-10,13-18,31H2,1-6H3,(H2,32,36)(H,33,37)(H,34,38)/t21-,22-,24+,25-,26-/m0/s1. The second-order valence-corrected chi connectivity index (χ2v) is 11.4. The van der Waals surface area contributed by atoms with Crippen LogP contribution in [0.3, 0.4) is 0 Å². The fraction of sp³-hybridized carbons (Fsp3) is 0.700. The molecule has 228 valence electrons. The van der Waals surface area contributed by atoms with Crippen molar-refractivity contribution in [2.45, 2.75) is 84.9 Å². The number of ether oxygens (including phenoxy) is 2. The van der Waals surface area contributed by atoms with Gasteiger partial charge in [0.1, 0.15) is 5.75 Å². The minimum atomic E-state index is -0.909. The van der Waals surface area contributed by atoms with Crippen LogP contribution in [0.2, 0.25) is 0 Å². The summed E-state index contributed by atoms with van der Waals surface area (Å²) in [6, 6.07) is 6.19. The van der Waals surface area contributed by atoms with E-state index < -0.39 is 30.0 Å². The van der Waals surface area contributed by atoms with Gasteiger partial charge in [0.2, 0.25) is 11.8 Å². The van der Waals surface area contributed by atoms with Crippen molar-refractivity contribution in [3.63, 3.8) is 0 Å². The third kappa shape index (κ3) is 13.1. The molecule has 0 aliphatic rings. The predicted octanol–water partition coefficient (Wildman–Crippen LogP) is 2.61. The molecule has 40 heavy (non-hydrogen) atoms. The van der Waals surface area contributed by atoms with Gasteiger partial charge in [-0.05, 0) is 62.5 Å². The Morgan fingerprint density at radius 2 is 1.62 bits per heavy atom. The van der Waals surface area contributed by atoms with Crippen LogP contribution in [-0.2, 0) is 14.3 Å². The van der Waals surface area contributed by atoms with Gasteiger partial charge in [0, 0.05) is 44.7 Å². The molecule has 0 heterocycles. The Kier molecular flexibility index (Phi) is 16.4. The summed E-state index contributed by atoms with van der Waals surface area (Å²) in [5.41, 5.74) is 12.1. The lowest BCUT2D eigenvalue weighted by Crippen LogP contribution is -2.45.